The number of carbonyl (C=O) groups is 1. The lowest BCUT2D eigenvalue weighted by molar-refractivity contribution is 0.0945. The molecule has 0 radical (unpaired) electrons. The van der Waals surface area contributed by atoms with E-state index in [0.29, 0.717) is 29.6 Å². The number of nitrogens with zero attached hydrogens (tertiary/aromatic N) is 2. The lowest BCUT2D eigenvalue weighted by Crippen LogP contribution is -2.23. The van der Waals surface area contributed by atoms with E-state index >= 15 is 0 Å². The summed E-state index contributed by atoms with van der Waals surface area (Å²) in [6, 6.07) is 18.7. The summed E-state index contributed by atoms with van der Waals surface area (Å²) in [5, 5.41) is 10.8. The van der Waals surface area contributed by atoms with Gasteiger partial charge in [-0.25, -0.2) is 0 Å². The second-order valence-corrected chi connectivity index (χ2v) is 6.76. The molecule has 0 aliphatic carbocycles. The second-order valence-electron chi connectivity index (χ2n) is 5.98. The van der Waals surface area contributed by atoms with Crippen LogP contribution in [0.2, 0.25) is 0 Å². The summed E-state index contributed by atoms with van der Waals surface area (Å²) in [6.07, 6.45) is 0. The zero-order valence-corrected chi connectivity index (χ0v) is 15.7. The Labute approximate surface area is 165 Å². The topological polar surface area (TPSA) is 77.2 Å². The van der Waals surface area contributed by atoms with E-state index in [0.717, 1.165) is 11.1 Å². The molecule has 0 spiro atoms. The Hall–Kier alpha value is -3.45. The summed E-state index contributed by atoms with van der Waals surface area (Å²) in [4.78, 5) is 16.9. The van der Waals surface area contributed by atoms with E-state index in [4.69, 9.17) is 9.26 Å². The summed E-state index contributed by atoms with van der Waals surface area (Å²) in [6.45, 7) is 0.530. The van der Waals surface area contributed by atoms with Crippen LogP contribution in [0.5, 0.6) is 5.75 Å². The fourth-order valence-electron chi connectivity index (χ4n) is 2.62. The number of amides is 1. The van der Waals surface area contributed by atoms with Gasteiger partial charge in [-0.1, -0.05) is 47.6 Å². The maximum Gasteiger partial charge on any atom is 0.264 e. The molecule has 1 N–H and O–H groups in total. The first kappa shape index (κ1) is 17.9. The van der Waals surface area contributed by atoms with Crippen molar-refractivity contribution in [2.75, 3.05) is 0 Å². The number of aromatic nitrogens is 2. The molecule has 0 saturated heterocycles. The summed E-state index contributed by atoms with van der Waals surface area (Å²) >= 11 is 1.56. The highest BCUT2D eigenvalue weighted by Crippen LogP contribution is 2.21. The average molecular weight is 391 g/mol. The SMILES string of the molecule is O=C(NCc1ccccc1)c1ccccc1OCc1nc(-c2ccsc2)no1. The number of hydrogen-bond donors (Lipinski definition) is 1. The van der Waals surface area contributed by atoms with Gasteiger partial charge >= 0.3 is 0 Å². The van der Waals surface area contributed by atoms with Gasteiger partial charge in [0.15, 0.2) is 6.61 Å². The quantitative estimate of drug-likeness (QED) is 0.508. The van der Waals surface area contributed by atoms with Crippen molar-refractivity contribution in [2.45, 2.75) is 13.2 Å². The van der Waals surface area contributed by atoms with E-state index in [1.807, 2.05) is 53.2 Å². The Bertz CT molecular complexity index is 1050. The fourth-order valence-corrected chi connectivity index (χ4v) is 3.25. The molecule has 7 heteroatoms. The first-order valence-electron chi connectivity index (χ1n) is 8.69. The Kier molecular flexibility index (Phi) is 5.44. The van der Waals surface area contributed by atoms with Crippen molar-refractivity contribution in [3.63, 3.8) is 0 Å². The van der Waals surface area contributed by atoms with Gasteiger partial charge < -0.3 is 14.6 Å². The van der Waals surface area contributed by atoms with Crippen molar-refractivity contribution < 1.29 is 14.1 Å². The molecule has 0 aliphatic heterocycles. The highest BCUT2D eigenvalue weighted by Gasteiger charge is 2.14. The molecule has 0 saturated carbocycles. The van der Waals surface area contributed by atoms with Gasteiger partial charge in [-0.05, 0) is 29.1 Å². The molecular weight excluding hydrogens is 374 g/mol. The van der Waals surface area contributed by atoms with Crippen LogP contribution in [0.1, 0.15) is 21.8 Å². The van der Waals surface area contributed by atoms with E-state index in [2.05, 4.69) is 15.5 Å². The number of para-hydroxylation sites is 1. The fraction of sp³-hybridized carbons (Fsp3) is 0.0952. The minimum absolute atomic E-state index is 0.0834. The molecule has 28 heavy (non-hydrogen) atoms. The Balaban J connectivity index is 1.41. The minimum atomic E-state index is -0.205. The predicted molar refractivity (Wildman–Crippen MR) is 106 cm³/mol. The predicted octanol–water partition coefficient (Wildman–Crippen LogP) is 4.31. The van der Waals surface area contributed by atoms with Crippen LogP contribution < -0.4 is 10.1 Å². The summed E-state index contributed by atoms with van der Waals surface area (Å²) < 4.78 is 11.0. The van der Waals surface area contributed by atoms with Gasteiger partial charge in [0.1, 0.15) is 5.75 Å². The largest absolute Gasteiger partial charge is 0.483 e. The van der Waals surface area contributed by atoms with Crippen LogP contribution in [-0.2, 0) is 13.2 Å². The number of rotatable bonds is 7. The van der Waals surface area contributed by atoms with Gasteiger partial charge in [-0.15, -0.1) is 0 Å². The maximum absolute atomic E-state index is 12.6. The highest BCUT2D eigenvalue weighted by atomic mass is 32.1. The third kappa shape index (κ3) is 4.27. The van der Waals surface area contributed by atoms with Gasteiger partial charge in [-0.2, -0.15) is 16.3 Å². The molecule has 2 heterocycles. The maximum atomic E-state index is 12.6. The third-order valence-corrected chi connectivity index (χ3v) is 4.71. The molecule has 0 fully saturated rings. The number of ether oxygens (including phenoxy) is 1. The monoisotopic (exact) mass is 391 g/mol. The lowest BCUT2D eigenvalue weighted by atomic mass is 10.1. The highest BCUT2D eigenvalue weighted by molar-refractivity contribution is 7.08. The smallest absolute Gasteiger partial charge is 0.264 e. The van der Waals surface area contributed by atoms with Crippen LogP contribution >= 0.6 is 11.3 Å². The first-order valence-corrected chi connectivity index (χ1v) is 9.63. The summed E-state index contributed by atoms with van der Waals surface area (Å²) in [5.41, 5.74) is 2.39. The molecule has 2 aromatic carbocycles. The van der Waals surface area contributed by atoms with Gasteiger partial charge in [0, 0.05) is 17.5 Å². The standard InChI is InChI=1S/C21H17N3O3S/c25-21(22-12-15-6-2-1-3-7-15)17-8-4-5-9-18(17)26-13-19-23-20(24-27-19)16-10-11-28-14-16/h1-11,14H,12-13H2,(H,22,25). The molecule has 140 valence electrons. The van der Waals surface area contributed by atoms with Gasteiger partial charge in [-0.3, -0.25) is 4.79 Å². The number of carbonyl (C=O) groups excluding carboxylic acids is 1. The van der Waals surface area contributed by atoms with Crippen LogP contribution in [0.3, 0.4) is 0 Å². The molecule has 0 unspecified atom stereocenters. The van der Waals surface area contributed by atoms with Gasteiger partial charge in [0.05, 0.1) is 5.56 Å². The molecule has 4 rings (SSSR count). The van der Waals surface area contributed by atoms with Crippen molar-refractivity contribution in [1.29, 1.82) is 0 Å². The van der Waals surface area contributed by atoms with Crippen LogP contribution in [0.15, 0.2) is 75.9 Å². The molecular formula is C21H17N3O3S. The Morgan fingerprint density at radius 3 is 2.71 bits per heavy atom. The van der Waals surface area contributed by atoms with Crippen LogP contribution in [0.25, 0.3) is 11.4 Å². The molecule has 0 aliphatic rings. The second kappa shape index (κ2) is 8.49. The van der Waals surface area contributed by atoms with Crippen LogP contribution in [0, 0.1) is 0 Å². The summed E-state index contributed by atoms with van der Waals surface area (Å²) in [5.74, 6) is 1.13. The third-order valence-electron chi connectivity index (χ3n) is 4.03. The molecule has 6 nitrogen and oxygen atoms in total. The Morgan fingerprint density at radius 2 is 1.89 bits per heavy atom. The van der Waals surface area contributed by atoms with Crippen LogP contribution in [-0.4, -0.2) is 16.0 Å². The van der Waals surface area contributed by atoms with E-state index in [9.17, 15) is 4.79 Å². The average Bonchev–Trinajstić information content (AvgIpc) is 3.43. The van der Waals surface area contributed by atoms with Crippen molar-refractivity contribution in [3.8, 4) is 17.1 Å². The van der Waals surface area contributed by atoms with Crippen molar-refractivity contribution >= 4 is 17.2 Å². The van der Waals surface area contributed by atoms with Crippen molar-refractivity contribution in [3.05, 3.63) is 88.4 Å². The Morgan fingerprint density at radius 1 is 1.07 bits per heavy atom. The molecule has 1 amide bonds. The molecule has 0 atom stereocenters. The van der Waals surface area contributed by atoms with Crippen molar-refractivity contribution in [2.24, 2.45) is 0 Å². The molecule has 2 aromatic heterocycles. The van der Waals surface area contributed by atoms with E-state index in [1.165, 1.54) is 0 Å². The zero-order valence-electron chi connectivity index (χ0n) is 14.9. The first-order chi connectivity index (χ1) is 13.8. The van der Waals surface area contributed by atoms with Crippen LogP contribution in [0.4, 0.5) is 0 Å². The van der Waals surface area contributed by atoms with Gasteiger partial charge in [0.2, 0.25) is 5.82 Å². The van der Waals surface area contributed by atoms with E-state index < -0.39 is 0 Å². The zero-order chi connectivity index (χ0) is 19.2. The molecule has 4 aromatic rings. The minimum Gasteiger partial charge on any atom is -0.483 e. The van der Waals surface area contributed by atoms with Crippen molar-refractivity contribution in [1.82, 2.24) is 15.5 Å². The number of hydrogen-bond acceptors (Lipinski definition) is 6. The number of nitrogens with one attached hydrogen (secondary N) is 1. The van der Waals surface area contributed by atoms with E-state index in [-0.39, 0.29) is 12.5 Å². The summed E-state index contributed by atoms with van der Waals surface area (Å²) in [7, 11) is 0. The molecule has 0 bridgehead atoms. The van der Waals surface area contributed by atoms with E-state index in [1.54, 1.807) is 29.5 Å². The normalized spacial score (nSPS) is 10.6. The lowest BCUT2D eigenvalue weighted by Gasteiger charge is -2.10. The van der Waals surface area contributed by atoms with Gasteiger partial charge in [0.25, 0.3) is 11.8 Å². The number of thiophene rings is 1. The number of benzene rings is 2.